The number of benzene rings is 1. The highest BCUT2D eigenvalue weighted by Crippen LogP contribution is 2.34. The first-order chi connectivity index (χ1) is 18.7. The second-order valence-corrected chi connectivity index (χ2v) is 11.7. The fourth-order valence-electron chi connectivity index (χ4n) is 5.03. The first-order valence-electron chi connectivity index (χ1n) is 12.6. The number of fused-ring (bicyclic) bond motifs is 1. The molecule has 4 aromatic rings. The summed E-state index contributed by atoms with van der Waals surface area (Å²) in [4.78, 5) is 33.2. The van der Waals surface area contributed by atoms with E-state index in [1.165, 1.54) is 11.3 Å². The van der Waals surface area contributed by atoms with Crippen molar-refractivity contribution in [1.29, 1.82) is 5.26 Å². The number of hydrogen-bond donors (Lipinski definition) is 0. The summed E-state index contributed by atoms with van der Waals surface area (Å²) in [6, 6.07) is 13.3. The zero-order valence-corrected chi connectivity index (χ0v) is 24.3. The summed E-state index contributed by atoms with van der Waals surface area (Å²) in [5.41, 5.74) is 5.99. The summed E-state index contributed by atoms with van der Waals surface area (Å²) in [5, 5.41) is 10.7. The van der Waals surface area contributed by atoms with E-state index in [-0.39, 0.29) is 12.2 Å². The molecule has 9 heteroatoms. The largest absolute Gasteiger partial charge is 0.463 e. The second kappa shape index (κ2) is 10.3. The van der Waals surface area contributed by atoms with Crippen molar-refractivity contribution in [2.24, 2.45) is 4.99 Å². The number of nitrogens with zero attached hydrogens (tertiary/aromatic N) is 4. The molecule has 0 saturated carbocycles. The van der Waals surface area contributed by atoms with Crippen LogP contribution in [0.2, 0.25) is 0 Å². The predicted molar refractivity (Wildman–Crippen MR) is 154 cm³/mol. The van der Waals surface area contributed by atoms with Crippen molar-refractivity contribution in [3.05, 3.63) is 106 Å². The average Bonchev–Trinajstić information content (AvgIpc) is 3.48. The summed E-state index contributed by atoms with van der Waals surface area (Å²) >= 11 is 2.90. The molecule has 7 nitrogen and oxygen atoms in total. The van der Waals surface area contributed by atoms with E-state index in [0.717, 1.165) is 38.0 Å². The molecule has 0 radical (unpaired) electrons. The zero-order chi connectivity index (χ0) is 28.0. The molecule has 1 aromatic carbocycles. The molecule has 5 rings (SSSR count). The van der Waals surface area contributed by atoms with Gasteiger partial charge in [-0.15, -0.1) is 11.3 Å². The number of nitriles is 1. The fraction of sp³-hybridized carbons (Fsp3) is 0.267. The van der Waals surface area contributed by atoms with Crippen molar-refractivity contribution in [2.45, 2.75) is 47.6 Å². The molecule has 0 fully saturated rings. The Morgan fingerprint density at radius 3 is 2.54 bits per heavy atom. The molecular formula is C30H28N4O3S2. The number of thiophene rings is 1. The van der Waals surface area contributed by atoms with Crippen LogP contribution in [0, 0.1) is 39.0 Å². The van der Waals surface area contributed by atoms with Gasteiger partial charge in [-0.3, -0.25) is 9.36 Å². The number of ether oxygens (including phenoxy) is 1. The second-order valence-electron chi connectivity index (χ2n) is 9.45. The third-order valence-corrected chi connectivity index (χ3v) is 9.25. The van der Waals surface area contributed by atoms with Crippen LogP contribution in [-0.2, 0) is 9.53 Å². The molecule has 0 unspecified atom stereocenters. The van der Waals surface area contributed by atoms with Gasteiger partial charge in [0.05, 0.1) is 34.0 Å². The Morgan fingerprint density at radius 2 is 1.87 bits per heavy atom. The maximum absolute atomic E-state index is 13.9. The number of hydrogen-bond acceptors (Lipinski definition) is 7. The van der Waals surface area contributed by atoms with Crippen LogP contribution in [-0.4, -0.2) is 21.7 Å². The summed E-state index contributed by atoms with van der Waals surface area (Å²) in [6.45, 7) is 11.8. The third-order valence-electron chi connectivity index (χ3n) is 7.07. The quantitative estimate of drug-likeness (QED) is 0.332. The van der Waals surface area contributed by atoms with Gasteiger partial charge in [-0.05, 0) is 70.4 Å². The van der Waals surface area contributed by atoms with E-state index in [1.54, 1.807) is 29.8 Å². The van der Waals surface area contributed by atoms with E-state index in [1.807, 2.05) is 70.2 Å². The lowest BCUT2D eigenvalue weighted by Crippen LogP contribution is -2.39. The van der Waals surface area contributed by atoms with Gasteiger partial charge in [0.1, 0.15) is 11.1 Å². The highest BCUT2D eigenvalue weighted by molar-refractivity contribution is 7.15. The summed E-state index contributed by atoms with van der Waals surface area (Å²) in [7, 11) is 0. The van der Waals surface area contributed by atoms with Crippen molar-refractivity contribution in [3.8, 4) is 11.1 Å². The lowest BCUT2D eigenvalue weighted by molar-refractivity contribution is -0.139. The molecule has 0 N–H and O–H groups in total. The van der Waals surface area contributed by atoms with Crippen LogP contribution in [0.5, 0.6) is 0 Å². The molecule has 198 valence electrons. The number of carbonyl (C=O) groups excluding carboxylic acids is 1. The molecule has 0 amide bonds. The Balaban J connectivity index is 1.70. The average molecular weight is 557 g/mol. The Labute approximate surface area is 234 Å². The highest BCUT2D eigenvalue weighted by Gasteiger charge is 2.33. The molecule has 0 spiro atoms. The molecule has 1 aliphatic heterocycles. The number of carbonyl (C=O) groups is 1. The maximum Gasteiger partial charge on any atom is 0.338 e. The summed E-state index contributed by atoms with van der Waals surface area (Å²) in [5.74, 6) is -0.472. The number of aromatic nitrogens is 2. The fourth-order valence-corrected chi connectivity index (χ4v) is 7.28. The van der Waals surface area contributed by atoms with E-state index < -0.39 is 12.0 Å². The summed E-state index contributed by atoms with van der Waals surface area (Å²) in [6.07, 6.45) is 1.88. The first-order valence-corrected chi connectivity index (χ1v) is 14.2. The molecule has 39 heavy (non-hydrogen) atoms. The number of aryl methyl sites for hydroxylation is 2. The Bertz CT molecular complexity index is 1880. The van der Waals surface area contributed by atoms with Gasteiger partial charge in [-0.1, -0.05) is 41.7 Å². The number of thiazole rings is 1. The predicted octanol–water partition coefficient (Wildman–Crippen LogP) is 4.76. The van der Waals surface area contributed by atoms with Crippen molar-refractivity contribution >= 4 is 34.7 Å². The monoisotopic (exact) mass is 556 g/mol. The van der Waals surface area contributed by atoms with Gasteiger partial charge in [0.2, 0.25) is 0 Å². The van der Waals surface area contributed by atoms with E-state index in [9.17, 15) is 14.9 Å². The maximum atomic E-state index is 13.9. The topological polar surface area (TPSA) is 89.4 Å². The van der Waals surface area contributed by atoms with Gasteiger partial charge in [0.15, 0.2) is 4.80 Å². The Hall–Kier alpha value is -4.00. The lowest BCUT2D eigenvalue weighted by Gasteiger charge is -2.24. The first kappa shape index (κ1) is 26.6. The van der Waals surface area contributed by atoms with Gasteiger partial charge in [0.25, 0.3) is 5.56 Å². The number of esters is 1. The lowest BCUT2D eigenvalue weighted by atomic mass is 9.96. The standard InChI is InChI=1S/C30H28N4O3S2/c1-7-37-29(36)25-18(4)32-30-34(26(25)21-11-9-8-10-12-21)27(35)24(39-30)14-22-13-16(2)33(19(22)5)28-23(15-31)17(3)20(6)38-28/h8-14,26H,7H2,1-6H3/b24-14+/t26-/m1/s1. The van der Waals surface area contributed by atoms with Crippen LogP contribution < -0.4 is 14.9 Å². The Morgan fingerprint density at radius 1 is 1.15 bits per heavy atom. The van der Waals surface area contributed by atoms with E-state index >= 15 is 0 Å². The smallest absolute Gasteiger partial charge is 0.338 e. The number of rotatable bonds is 5. The van der Waals surface area contributed by atoms with Crippen molar-refractivity contribution in [1.82, 2.24) is 9.13 Å². The van der Waals surface area contributed by atoms with Gasteiger partial charge in [0, 0.05) is 16.3 Å². The summed E-state index contributed by atoms with van der Waals surface area (Å²) < 4.78 is 9.57. The molecule has 3 aromatic heterocycles. The molecule has 4 heterocycles. The van der Waals surface area contributed by atoms with Crippen LogP contribution in [0.1, 0.15) is 58.4 Å². The minimum atomic E-state index is -0.633. The van der Waals surface area contributed by atoms with Crippen molar-refractivity contribution in [2.75, 3.05) is 6.61 Å². The molecule has 1 aliphatic rings. The van der Waals surface area contributed by atoms with E-state index in [0.29, 0.717) is 26.2 Å². The molecule has 0 bridgehead atoms. The SMILES string of the molecule is CCOC(=O)C1=C(C)N=c2s/c(=C/c3cc(C)n(-c4sc(C)c(C)c4C#N)c3C)c(=O)n2[C@@H]1c1ccccc1. The molecule has 0 saturated heterocycles. The normalized spacial score (nSPS) is 15.2. The molecular weight excluding hydrogens is 528 g/mol. The van der Waals surface area contributed by atoms with Crippen LogP contribution in [0.15, 0.2) is 57.5 Å². The highest BCUT2D eigenvalue weighted by atomic mass is 32.1. The minimum Gasteiger partial charge on any atom is -0.463 e. The van der Waals surface area contributed by atoms with Crippen molar-refractivity contribution in [3.63, 3.8) is 0 Å². The van der Waals surface area contributed by atoms with Gasteiger partial charge >= 0.3 is 5.97 Å². The van der Waals surface area contributed by atoms with Crippen LogP contribution in [0.4, 0.5) is 0 Å². The van der Waals surface area contributed by atoms with Crippen LogP contribution in [0.25, 0.3) is 11.1 Å². The molecule has 0 aliphatic carbocycles. The van der Waals surface area contributed by atoms with E-state index in [4.69, 9.17) is 4.74 Å². The van der Waals surface area contributed by atoms with Crippen molar-refractivity contribution < 1.29 is 9.53 Å². The van der Waals surface area contributed by atoms with Gasteiger partial charge in [-0.2, -0.15) is 5.26 Å². The third kappa shape index (κ3) is 4.40. The Kier molecular flexibility index (Phi) is 7.02. The molecule has 1 atom stereocenters. The van der Waals surface area contributed by atoms with Crippen LogP contribution in [0.3, 0.4) is 0 Å². The minimum absolute atomic E-state index is 0.216. The van der Waals surface area contributed by atoms with E-state index in [2.05, 4.69) is 15.6 Å². The van der Waals surface area contributed by atoms with Gasteiger partial charge < -0.3 is 9.30 Å². The van der Waals surface area contributed by atoms with Gasteiger partial charge in [-0.25, -0.2) is 9.79 Å². The number of allylic oxidation sites excluding steroid dienone is 1. The van der Waals surface area contributed by atoms with Crippen LogP contribution >= 0.6 is 22.7 Å². The zero-order valence-electron chi connectivity index (χ0n) is 22.7.